The Labute approximate surface area is 105 Å². The summed E-state index contributed by atoms with van der Waals surface area (Å²) in [6, 6.07) is 3.62. The zero-order valence-corrected chi connectivity index (χ0v) is 10.6. The van der Waals surface area contributed by atoms with Crippen LogP contribution >= 0.6 is 22.6 Å². The molecule has 0 bridgehead atoms. The van der Waals surface area contributed by atoms with Crippen LogP contribution in [0.25, 0.3) is 5.65 Å². The van der Waals surface area contributed by atoms with E-state index in [1.807, 2.05) is 6.07 Å². The first-order valence-corrected chi connectivity index (χ1v) is 5.72. The number of aromatic nitrogens is 3. The van der Waals surface area contributed by atoms with Gasteiger partial charge in [-0.1, -0.05) is 0 Å². The van der Waals surface area contributed by atoms with Crippen molar-refractivity contribution in [3.8, 4) is 0 Å². The van der Waals surface area contributed by atoms with Crippen molar-refractivity contribution >= 4 is 40.1 Å². The molecule has 2 heterocycles. The van der Waals surface area contributed by atoms with Crippen LogP contribution in [0.2, 0.25) is 0 Å². The van der Waals surface area contributed by atoms with Crippen molar-refractivity contribution in [2.75, 3.05) is 11.4 Å². The molecule has 84 valence electrons. The van der Waals surface area contributed by atoms with E-state index in [0.717, 1.165) is 3.70 Å². The molecular formula is C9H9IN4O2. The third-order valence-electron chi connectivity index (χ3n) is 2.10. The van der Waals surface area contributed by atoms with Gasteiger partial charge in [-0.05, 0) is 41.6 Å². The first-order chi connectivity index (χ1) is 7.61. The molecule has 0 saturated carbocycles. The molecule has 1 amide bonds. The lowest BCUT2D eigenvalue weighted by Gasteiger charge is -2.12. The second-order valence-electron chi connectivity index (χ2n) is 3.08. The molecule has 1 N–H and O–H groups in total. The summed E-state index contributed by atoms with van der Waals surface area (Å²) in [7, 11) is 0. The second kappa shape index (κ2) is 4.24. The zero-order chi connectivity index (χ0) is 11.7. The number of amides is 1. The molecule has 2 aromatic heterocycles. The van der Waals surface area contributed by atoms with Crippen molar-refractivity contribution in [1.82, 2.24) is 14.6 Å². The summed E-state index contributed by atoms with van der Waals surface area (Å²) in [6.07, 6.45) is 0.593. The summed E-state index contributed by atoms with van der Waals surface area (Å²) >= 11 is 2.09. The Kier molecular flexibility index (Phi) is 2.95. The third kappa shape index (κ3) is 1.94. The molecule has 0 aliphatic rings. The number of carbonyl (C=O) groups is 1. The fraction of sp³-hybridized carbons (Fsp3) is 0.222. The molecule has 2 aromatic rings. The maximum absolute atomic E-state index is 10.9. The van der Waals surface area contributed by atoms with Gasteiger partial charge in [0.1, 0.15) is 3.70 Å². The molecule has 0 unspecified atom stereocenters. The Bertz CT molecular complexity index is 539. The number of anilines is 1. The molecule has 0 aliphatic heterocycles. The lowest BCUT2D eigenvalue weighted by molar-refractivity contribution is 0.202. The standard InChI is InChI=1S/C9H9IN4O2/c1-2-13(9(15)16)8-5-14-7(11-8)4-3-6(10)12-14/h3-5H,2H2,1H3,(H,15,16). The Balaban J connectivity index is 2.49. The van der Waals surface area contributed by atoms with Crippen LogP contribution in [0, 0.1) is 3.70 Å². The number of carboxylic acid groups (broad SMARTS) is 1. The Hall–Kier alpha value is -1.38. The largest absolute Gasteiger partial charge is 0.465 e. The van der Waals surface area contributed by atoms with Gasteiger partial charge in [0.25, 0.3) is 0 Å². The van der Waals surface area contributed by atoms with Crippen molar-refractivity contribution in [2.24, 2.45) is 0 Å². The van der Waals surface area contributed by atoms with Gasteiger partial charge < -0.3 is 5.11 Å². The highest BCUT2D eigenvalue weighted by Gasteiger charge is 2.15. The number of halogens is 1. The van der Waals surface area contributed by atoms with Gasteiger partial charge in [0.2, 0.25) is 0 Å². The summed E-state index contributed by atoms with van der Waals surface area (Å²) in [5.41, 5.74) is 0.634. The lowest BCUT2D eigenvalue weighted by atomic mass is 10.5. The van der Waals surface area contributed by atoms with Gasteiger partial charge in [-0.3, -0.25) is 4.90 Å². The molecule has 0 aromatic carbocycles. The lowest BCUT2D eigenvalue weighted by Crippen LogP contribution is -2.28. The number of hydrogen-bond acceptors (Lipinski definition) is 3. The summed E-state index contributed by atoms with van der Waals surface area (Å²) in [4.78, 5) is 16.3. The maximum Gasteiger partial charge on any atom is 0.413 e. The summed E-state index contributed by atoms with van der Waals surface area (Å²) in [5, 5.41) is 13.2. The molecule has 7 heteroatoms. The number of nitrogens with zero attached hydrogens (tertiary/aromatic N) is 4. The molecular weight excluding hydrogens is 323 g/mol. The van der Waals surface area contributed by atoms with E-state index in [0.29, 0.717) is 18.0 Å². The summed E-state index contributed by atoms with van der Waals surface area (Å²) in [5.74, 6) is 0.393. The monoisotopic (exact) mass is 332 g/mol. The van der Waals surface area contributed by atoms with Gasteiger partial charge in [0.15, 0.2) is 11.5 Å². The highest BCUT2D eigenvalue weighted by atomic mass is 127. The predicted octanol–water partition coefficient (Wildman–Crippen LogP) is 1.84. The predicted molar refractivity (Wildman–Crippen MR) is 66.7 cm³/mol. The Morgan fingerprint density at radius 2 is 2.38 bits per heavy atom. The first kappa shape index (κ1) is 11.1. The normalized spacial score (nSPS) is 10.6. The molecule has 0 fully saturated rings. The maximum atomic E-state index is 10.9. The van der Waals surface area contributed by atoms with Crippen LogP contribution in [-0.4, -0.2) is 32.3 Å². The molecule has 2 rings (SSSR count). The molecule has 0 saturated heterocycles. The second-order valence-corrected chi connectivity index (χ2v) is 4.19. The molecule has 0 atom stereocenters. The minimum absolute atomic E-state index is 0.357. The average Bonchev–Trinajstić information content (AvgIpc) is 2.60. The number of rotatable bonds is 2. The minimum Gasteiger partial charge on any atom is -0.465 e. The summed E-state index contributed by atoms with van der Waals surface area (Å²) < 4.78 is 2.40. The quantitative estimate of drug-likeness (QED) is 0.852. The van der Waals surface area contributed by atoms with E-state index < -0.39 is 6.09 Å². The Morgan fingerprint density at radius 3 is 3.00 bits per heavy atom. The van der Waals surface area contributed by atoms with E-state index >= 15 is 0 Å². The molecule has 0 spiro atoms. The van der Waals surface area contributed by atoms with E-state index in [2.05, 4.69) is 32.7 Å². The fourth-order valence-corrected chi connectivity index (χ4v) is 1.78. The topological polar surface area (TPSA) is 70.7 Å². The molecule has 0 aliphatic carbocycles. The van der Waals surface area contributed by atoms with Crippen LogP contribution in [0.4, 0.5) is 10.6 Å². The van der Waals surface area contributed by atoms with E-state index in [9.17, 15) is 4.79 Å². The van der Waals surface area contributed by atoms with Crippen molar-refractivity contribution in [2.45, 2.75) is 6.92 Å². The fourth-order valence-electron chi connectivity index (χ4n) is 1.37. The van der Waals surface area contributed by atoms with Gasteiger partial charge in [0.05, 0.1) is 6.20 Å². The van der Waals surface area contributed by atoms with E-state index in [1.54, 1.807) is 23.7 Å². The van der Waals surface area contributed by atoms with Crippen LogP contribution in [0.1, 0.15) is 6.92 Å². The molecule has 6 nitrogen and oxygen atoms in total. The van der Waals surface area contributed by atoms with Crippen LogP contribution in [0.15, 0.2) is 18.3 Å². The van der Waals surface area contributed by atoms with Gasteiger partial charge in [0, 0.05) is 6.54 Å². The first-order valence-electron chi connectivity index (χ1n) is 4.64. The van der Waals surface area contributed by atoms with Crippen LogP contribution in [-0.2, 0) is 0 Å². The Morgan fingerprint density at radius 1 is 1.62 bits per heavy atom. The SMILES string of the molecule is CCN(C(=O)O)c1cn2nc(I)ccc2n1. The van der Waals surface area contributed by atoms with E-state index in [-0.39, 0.29) is 0 Å². The minimum atomic E-state index is -1.01. The van der Waals surface area contributed by atoms with Crippen molar-refractivity contribution in [3.63, 3.8) is 0 Å². The van der Waals surface area contributed by atoms with Crippen molar-refractivity contribution in [1.29, 1.82) is 0 Å². The average molecular weight is 332 g/mol. The third-order valence-corrected chi connectivity index (χ3v) is 2.67. The van der Waals surface area contributed by atoms with Gasteiger partial charge >= 0.3 is 6.09 Å². The van der Waals surface area contributed by atoms with Gasteiger partial charge in [-0.15, -0.1) is 0 Å². The highest BCUT2D eigenvalue weighted by Crippen LogP contribution is 2.14. The summed E-state index contributed by atoms with van der Waals surface area (Å²) in [6.45, 7) is 2.12. The van der Waals surface area contributed by atoms with Crippen molar-refractivity contribution in [3.05, 3.63) is 22.0 Å². The van der Waals surface area contributed by atoms with Crippen LogP contribution in [0.3, 0.4) is 0 Å². The molecule has 16 heavy (non-hydrogen) atoms. The van der Waals surface area contributed by atoms with Crippen LogP contribution < -0.4 is 4.90 Å². The zero-order valence-electron chi connectivity index (χ0n) is 8.46. The molecule has 0 radical (unpaired) electrons. The van der Waals surface area contributed by atoms with Crippen LogP contribution in [0.5, 0.6) is 0 Å². The number of imidazole rings is 1. The smallest absolute Gasteiger partial charge is 0.413 e. The van der Waals surface area contributed by atoms with Gasteiger partial charge in [-0.2, -0.15) is 5.10 Å². The van der Waals surface area contributed by atoms with Crippen molar-refractivity contribution < 1.29 is 9.90 Å². The van der Waals surface area contributed by atoms with E-state index in [1.165, 1.54) is 4.90 Å². The highest BCUT2D eigenvalue weighted by molar-refractivity contribution is 14.1. The van der Waals surface area contributed by atoms with Gasteiger partial charge in [-0.25, -0.2) is 14.3 Å². The number of fused-ring (bicyclic) bond motifs is 1. The number of hydrogen-bond donors (Lipinski definition) is 1. The van der Waals surface area contributed by atoms with E-state index in [4.69, 9.17) is 5.11 Å².